The van der Waals surface area contributed by atoms with Crippen molar-refractivity contribution < 1.29 is 4.79 Å². The molecule has 2 aliphatic rings. The summed E-state index contributed by atoms with van der Waals surface area (Å²) < 4.78 is 4.06. The Labute approximate surface area is 111 Å². The molecule has 2 N–H and O–H groups in total. The van der Waals surface area contributed by atoms with E-state index in [0.717, 1.165) is 6.42 Å². The zero-order valence-electron chi connectivity index (χ0n) is 10.5. The van der Waals surface area contributed by atoms with Gasteiger partial charge in [-0.3, -0.25) is 10.1 Å². The van der Waals surface area contributed by atoms with Crippen molar-refractivity contribution in [3.63, 3.8) is 0 Å². The Hall–Kier alpha value is -1.01. The van der Waals surface area contributed by atoms with Gasteiger partial charge in [0.15, 0.2) is 0 Å². The highest BCUT2D eigenvalue weighted by molar-refractivity contribution is 7.09. The topological polar surface area (TPSA) is 66.9 Å². The molecule has 3 unspecified atom stereocenters. The Morgan fingerprint density at radius 3 is 3.00 bits per heavy atom. The SMILES string of the molecule is Cc1nsc(NC(=O)C2CC3CCCCC3N2)n1. The van der Waals surface area contributed by atoms with Gasteiger partial charge in [0.2, 0.25) is 11.0 Å². The van der Waals surface area contributed by atoms with Crippen LogP contribution in [0.4, 0.5) is 5.13 Å². The number of carbonyl (C=O) groups excluding carboxylic acids is 1. The van der Waals surface area contributed by atoms with Crippen LogP contribution >= 0.6 is 11.5 Å². The minimum atomic E-state index is -0.0534. The predicted molar refractivity (Wildman–Crippen MR) is 70.6 cm³/mol. The van der Waals surface area contributed by atoms with E-state index in [-0.39, 0.29) is 11.9 Å². The van der Waals surface area contributed by atoms with Crippen molar-refractivity contribution >= 4 is 22.6 Å². The number of fused-ring (bicyclic) bond motifs is 1. The average molecular weight is 266 g/mol. The fourth-order valence-corrected chi connectivity index (χ4v) is 3.64. The number of hydrogen-bond donors (Lipinski definition) is 2. The van der Waals surface area contributed by atoms with Crippen molar-refractivity contribution in [2.75, 3.05) is 5.32 Å². The fourth-order valence-electron chi connectivity index (χ4n) is 3.06. The summed E-state index contributed by atoms with van der Waals surface area (Å²) in [6.07, 6.45) is 6.05. The molecule has 6 heteroatoms. The van der Waals surface area contributed by atoms with Crippen LogP contribution in [0.15, 0.2) is 0 Å². The lowest BCUT2D eigenvalue weighted by molar-refractivity contribution is -0.117. The molecule has 0 spiro atoms. The van der Waals surface area contributed by atoms with Crippen LogP contribution in [0.3, 0.4) is 0 Å². The van der Waals surface area contributed by atoms with E-state index in [2.05, 4.69) is 20.0 Å². The highest BCUT2D eigenvalue weighted by atomic mass is 32.1. The van der Waals surface area contributed by atoms with E-state index in [1.54, 1.807) is 0 Å². The molecule has 2 heterocycles. The molecule has 0 aromatic carbocycles. The second-order valence-electron chi connectivity index (χ2n) is 5.24. The van der Waals surface area contributed by atoms with Crippen molar-refractivity contribution in [3.8, 4) is 0 Å². The van der Waals surface area contributed by atoms with Crippen molar-refractivity contribution in [3.05, 3.63) is 5.82 Å². The molecule has 1 aliphatic heterocycles. The van der Waals surface area contributed by atoms with Crippen LogP contribution in [0.25, 0.3) is 0 Å². The number of anilines is 1. The zero-order chi connectivity index (χ0) is 12.5. The van der Waals surface area contributed by atoms with E-state index in [9.17, 15) is 4.79 Å². The standard InChI is InChI=1S/C12H18N4OS/c1-7-13-12(18-16-7)15-11(17)10-6-8-4-2-3-5-9(8)14-10/h8-10,14H,2-6H2,1H3,(H,13,15,16,17). The van der Waals surface area contributed by atoms with Crippen LogP contribution < -0.4 is 10.6 Å². The molecule has 1 aliphatic carbocycles. The van der Waals surface area contributed by atoms with Crippen molar-refractivity contribution in [2.45, 2.75) is 51.1 Å². The summed E-state index contributed by atoms with van der Waals surface area (Å²) in [5, 5.41) is 6.93. The second-order valence-corrected chi connectivity index (χ2v) is 5.99. The first kappa shape index (κ1) is 12.0. The Morgan fingerprint density at radius 2 is 2.28 bits per heavy atom. The largest absolute Gasteiger partial charge is 0.303 e. The number of amides is 1. The molecule has 1 saturated heterocycles. The van der Waals surface area contributed by atoms with Crippen LogP contribution in [-0.4, -0.2) is 27.3 Å². The van der Waals surface area contributed by atoms with Crippen molar-refractivity contribution in [1.29, 1.82) is 0 Å². The van der Waals surface area contributed by atoms with Gasteiger partial charge >= 0.3 is 0 Å². The van der Waals surface area contributed by atoms with Gasteiger partial charge in [0, 0.05) is 17.6 Å². The van der Waals surface area contributed by atoms with Gasteiger partial charge in [-0.25, -0.2) is 4.98 Å². The highest BCUT2D eigenvalue weighted by Crippen LogP contribution is 2.33. The monoisotopic (exact) mass is 266 g/mol. The molecule has 1 aromatic heterocycles. The van der Waals surface area contributed by atoms with Gasteiger partial charge in [0.1, 0.15) is 5.82 Å². The lowest BCUT2D eigenvalue weighted by Crippen LogP contribution is -2.39. The number of rotatable bonds is 2. The lowest BCUT2D eigenvalue weighted by atomic mass is 9.85. The van der Waals surface area contributed by atoms with Gasteiger partial charge in [0.25, 0.3) is 0 Å². The number of aromatic nitrogens is 2. The summed E-state index contributed by atoms with van der Waals surface area (Å²) in [6, 6.07) is 0.493. The number of aryl methyl sites for hydroxylation is 1. The normalized spacial score (nSPS) is 31.1. The summed E-state index contributed by atoms with van der Waals surface area (Å²) in [7, 11) is 0. The van der Waals surface area contributed by atoms with Crippen LogP contribution in [-0.2, 0) is 4.79 Å². The summed E-state index contributed by atoms with van der Waals surface area (Å²) in [5.74, 6) is 1.44. The van der Waals surface area contributed by atoms with Gasteiger partial charge in [-0.1, -0.05) is 12.8 Å². The summed E-state index contributed by atoms with van der Waals surface area (Å²) in [6.45, 7) is 1.83. The molecule has 3 atom stereocenters. The highest BCUT2D eigenvalue weighted by Gasteiger charge is 2.38. The van der Waals surface area contributed by atoms with Crippen LogP contribution in [0.5, 0.6) is 0 Å². The number of nitrogens with zero attached hydrogens (tertiary/aromatic N) is 2. The van der Waals surface area contributed by atoms with E-state index < -0.39 is 0 Å². The second kappa shape index (κ2) is 4.93. The maximum absolute atomic E-state index is 12.1. The molecule has 0 radical (unpaired) electrons. The van der Waals surface area contributed by atoms with Crippen molar-refractivity contribution in [1.82, 2.24) is 14.7 Å². The first-order valence-electron chi connectivity index (χ1n) is 6.59. The zero-order valence-corrected chi connectivity index (χ0v) is 11.3. The number of hydrogen-bond acceptors (Lipinski definition) is 5. The quantitative estimate of drug-likeness (QED) is 0.855. The lowest BCUT2D eigenvalue weighted by Gasteiger charge is -2.24. The molecule has 2 fully saturated rings. The predicted octanol–water partition coefficient (Wildman–Crippen LogP) is 1.71. The molecule has 5 nitrogen and oxygen atoms in total. The van der Waals surface area contributed by atoms with Crippen molar-refractivity contribution in [2.24, 2.45) is 5.92 Å². The minimum Gasteiger partial charge on any atom is -0.303 e. The number of carbonyl (C=O) groups is 1. The molecule has 18 heavy (non-hydrogen) atoms. The summed E-state index contributed by atoms with van der Waals surface area (Å²) >= 11 is 1.24. The van der Waals surface area contributed by atoms with Gasteiger partial charge < -0.3 is 5.32 Å². The Bertz CT molecular complexity index is 433. The first-order chi connectivity index (χ1) is 8.72. The Kier molecular flexibility index (Phi) is 3.30. The first-order valence-corrected chi connectivity index (χ1v) is 7.37. The van der Waals surface area contributed by atoms with Crippen LogP contribution in [0.1, 0.15) is 37.9 Å². The maximum atomic E-state index is 12.1. The van der Waals surface area contributed by atoms with E-state index >= 15 is 0 Å². The molecule has 98 valence electrons. The molecular formula is C12H18N4OS. The van der Waals surface area contributed by atoms with Crippen LogP contribution in [0.2, 0.25) is 0 Å². The third-order valence-corrected chi connectivity index (χ3v) is 4.66. The van der Waals surface area contributed by atoms with Gasteiger partial charge in [-0.2, -0.15) is 4.37 Å². The molecular weight excluding hydrogens is 248 g/mol. The van der Waals surface area contributed by atoms with E-state index in [0.29, 0.717) is 22.9 Å². The number of nitrogens with one attached hydrogen (secondary N) is 2. The Balaban J connectivity index is 1.60. The fraction of sp³-hybridized carbons (Fsp3) is 0.750. The third-order valence-electron chi connectivity index (χ3n) is 3.94. The summed E-state index contributed by atoms with van der Waals surface area (Å²) in [5.41, 5.74) is 0. The Morgan fingerprint density at radius 1 is 1.44 bits per heavy atom. The van der Waals surface area contributed by atoms with E-state index in [4.69, 9.17) is 0 Å². The average Bonchev–Trinajstić information content (AvgIpc) is 2.95. The van der Waals surface area contributed by atoms with Gasteiger partial charge in [0.05, 0.1) is 6.04 Å². The molecule has 1 aromatic rings. The van der Waals surface area contributed by atoms with Crippen LogP contribution in [0, 0.1) is 12.8 Å². The van der Waals surface area contributed by atoms with E-state index in [1.165, 1.54) is 37.2 Å². The molecule has 0 bridgehead atoms. The minimum absolute atomic E-state index is 0.0422. The molecule has 1 saturated carbocycles. The third kappa shape index (κ3) is 2.40. The van der Waals surface area contributed by atoms with Gasteiger partial charge in [-0.15, -0.1) is 0 Å². The smallest absolute Gasteiger partial charge is 0.243 e. The maximum Gasteiger partial charge on any atom is 0.243 e. The summed E-state index contributed by atoms with van der Waals surface area (Å²) in [4.78, 5) is 16.3. The molecule has 1 amide bonds. The molecule has 3 rings (SSSR count). The van der Waals surface area contributed by atoms with Gasteiger partial charge in [-0.05, 0) is 32.1 Å². The van der Waals surface area contributed by atoms with E-state index in [1.807, 2.05) is 6.92 Å².